The van der Waals surface area contributed by atoms with Gasteiger partial charge in [-0.05, 0) is 12.1 Å². The van der Waals surface area contributed by atoms with Crippen LogP contribution in [0.25, 0.3) is 11.4 Å². The fraction of sp³-hybridized carbons (Fsp3) is 0.286. The first-order valence-electron chi connectivity index (χ1n) is 6.57. The van der Waals surface area contributed by atoms with Crippen LogP contribution >= 0.6 is 0 Å². The first-order valence-corrected chi connectivity index (χ1v) is 6.57. The highest BCUT2D eigenvalue weighted by Gasteiger charge is 2.34. The Hall–Kier alpha value is -2.71. The number of anilines is 1. The summed E-state index contributed by atoms with van der Waals surface area (Å²) in [5.41, 5.74) is -0.755. The Balaban J connectivity index is 2.44. The van der Waals surface area contributed by atoms with E-state index in [1.54, 1.807) is 12.1 Å². The summed E-state index contributed by atoms with van der Waals surface area (Å²) >= 11 is 0. The smallest absolute Gasteiger partial charge is 0.433 e. The van der Waals surface area contributed by atoms with Crippen LogP contribution < -0.4 is 4.90 Å². The van der Waals surface area contributed by atoms with Crippen LogP contribution in [-0.4, -0.2) is 39.6 Å². The molecule has 0 saturated carbocycles. The van der Waals surface area contributed by atoms with Crippen molar-refractivity contribution in [3.63, 3.8) is 0 Å². The first kappa shape index (κ1) is 16.7. The third kappa shape index (κ3) is 4.38. The molecule has 0 spiro atoms. The summed E-state index contributed by atoms with van der Waals surface area (Å²) in [4.78, 5) is 23.4. The molecule has 2 aromatic heterocycles. The number of aliphatic carboxylic acids is 1. The predicted molar refractivity (Wildman–Crippen MR) is 75.8 cm³/mol. The van der Waals surface area contributed by atoms with Crippen molar-refractivity contribution in [2.24, 2.45) is 0 Å². The van der Waals surface area contributed by atoms with Gasteiger partial charge in [0, 0.05) is 37.6 Å². The number of hydrogen-bond donors (Lipinski definition) is 1. The standard InChI is InChI=1S/C14H13F3N4O2/c1-21(6-4-12(22)23)11-7-10(14(15,16)17)19-13(20-11)9-3-2-5-18-8-9/h2-3,5,7-8H,4,6H2,1H3,(H,22,23). The van der Waals surface area contributed by atoms with E-state index in [4.69, 9.17) is 5.11 Å². The molecule has 0 fully saturated rings. The van der Waals surface area contributed by atoms with Gasteiger partial charge in [0.1, 0.15) is 5.82 Å². The Morgan fingerprint density at radius 1 is 1.35 bits per heavy atom. The molecule has 0 aliphatic rings. The van der Waals surface area contributed by atoms with Gasteiger partial charge >= 0.3 is 12.1 Å². The van der Waals surface area contributed by atoms with Crippen LogP contribution in [0.2, 0.25) is 0 Å². The first-order chi connectivity index (χ1) is 10.8. The van der Waals surface area contributed by atoms with E-state index in [1.165, 1.54) is 24.3 Å². The summed E-state index contributed by atoms with van der Waals surface area (Å²) in [6.45, 7) is 0.0239. The minimum absolute atomic E-state index is 0.00701. The van der Waals surface area contributed by atoms with Crippen molar-refractivity contribution in [3.8, 4) is 11.4 Å². The third-order valence-electron chi connectivity index (χ3n) is 2.97. The van der Waals surface area contributed by atoms with Crippen molar-refractivity contribution in [1.29, 1.82) is 0 Å². The summed E-state index contributed by atoms with van der Waals surface area (Å²) in [6.07, 6.45) is -2.01. The number of pyridine rings is 1. The minimum atomic E-state index is -4.64. The lowest BCUT2D eigenvalue weighted by Crippen LogP contribution is -2.23. The number of alkyl halides is 3. The summed E-state index contributed by atoms with van der Waals surface area (Å²) in [7, 11) is 1.47. The van der Waals surface area contributed by atoms with Crippen LogP contribution in [0.5, 0.6) is 0 Å². The molecule has 6 nitrogen and oxygen atoms in total. The molecular formula is C14H13F3N4O2. The van der Waals surface area contributed by atoms with Crippen molar-refractivity contribution in [1.82, 2.24) is 15.0 Å². The number of nitrogens with zero attached hydrogens (tertiary/aromatic N) is 4. The number of carboxylic acids is 1. The molecule has 1 N–H and O–H groups in total. The van der Waals surface area contributed by atoms with Gasteiger partial charge in [0.05, 0.1) is 6.42 Å². The van der Waals surface area contributed by atoms with Gasteiger partial charge in [-0.25, -0.2) is 9.97 Å². The summed E-state index contributed by atoms with van der Waals surface area (Å²) in [5.74, 6) is -1.17. The molecule has 0 amide bonds. The topological polar surface area (TPSA) is 79.2 Å². The highest BCUT2D eigenvalue weighted by atomic mass is 19.4. The molecule has 0 aromatic carbocycles. The van der Waals surface area contributed by atoms with Crippen molar-refractivity contribution < 1.29 is 23.1 Å². The highest BCUT2D eigenvalue weighted by molar-refractivity contribution is 5.67. The maximum Gasteiger partial charge on any atom is 0.433 e. The molecule has 9 heteroatoms. The molecule has 23 heavy (non-hydrogen) atoms. The van der Waals surface area contributed by atoms with Gasteiger partial charge in [-0.1, -0.05) is 0 Å². The van der Waals surface area contributed by atoms with Gasteiger partial charge in [0.15, 0.2) is 11.5 Å². The zero-order valence-electron chi connectivity index (χ0n) is 12.1. The molecule has 2 aromatic rings. The second-order valence-corrected chi connectivity index (χ2v) is 4.74. The number of hydrogen-bond acceptors (Lipinski definition) is 5. The van der Waals surface area contributed by atoms with Crippen molar-refractivity contribution >= 4 is 11.8 Å². The maximum atomic E-state index is 13.0. The molecular weight excluding hydrogens is 313 g/mol. The average molecular weight is 326 g/mol. The Morgan fingerprint density at radius 3 is 2.65 bits per heavy atom. The van der Waals surface area contributed by atoms with Gasteiger partial charge in [-0.15, -0.1) is 0 Å². The van der Waals surface area contributed by atoms with Crippen molar-refractivity contribution in [3.05, 3.63) is 36.3 Å². The Bertz CT molecular complexity index is 692. The molecule has 0 unspecified atom stereocenters. The quantitative estimate of drug-likeness (QED) is 0.909. The van der Waals surface area contributed by atoms with Crippen LogP contribution in [0.4, 0.5) is 19.0 Å². The van der Waals surface area contributed by atoms with Gasteiger partial charge in [0.25, 0.3) is 0 Å². The van der Waals surface area contributed by atoms with Crippen LogP contribution in [0.1, 0.15) is 12.1 Å². The maximum absolute atomic E-state index is 13.0. The van der Waals surface area contributed by atoms with Gasteiger partial charge in [0.2, 0.25) is 0 Å². The molecule has 2 rings (SSSR count). The van der Waals surface area contributed by atoms with E-state index in [2.05, 4.69) is 15.0 Å². The highest BCUT2D eigenvalue weighted by Crippen LogP contribution is 2.31. The van der Waals surface area contributed by atoms with Crippen LogP contribution in [0.3, 0.4) is 0 Å². The Morgan fingerprint density at radius 2 is 2.09 bits per heavy atom. The normalized spacial score (nSPS) is 11.3. The number of carbonyl (C=O) groups is 1. The zero-order valence-corrected chi connectivity index (χ0v) is 12.1. The molecule has 2 heterocycles. The largest absolute Gasteiger partial charge is 0.481 e. The molecule has 0 aliphatic carbocycles. The number of rotatable bonds is 5. The van der Waals surface area contributed by atoms with Crippen LogP contribution in [-0.2, 0) is 11.0 Å². The SMILES string of the molecule is CN(CCC(=O)O)c1cc(C(F)(F)F)nc(-c2cccnc2)n1. The van der Waals surface area contributed by atoms with Crippen molar-refractivity contribution in [2.75, 3.05) is 18.5 Å². The fourth-order valence-electron chi connectivity index (χ4n) is 1.78. The van der Waals surface area contributed by atoms with Gasteiger partial charge in [-0.3, -0.25) is 9.78 Å². The third-order valence-corrected chi connectivity index (χ3v) is 2.97. The van der Waals surface area contributed by atoms with E-state index in [0.717, 1.165) is 6.07 Å². The lowest BCUT2D eigenvalue weighted by atomic mass is 10.2. The summed E-state index contributed by atoms with van der Waals surface area (Å²) in [6, 6.07) is 3.90. The van der Waals surface area contributed by atoms with E-state index in [0.29, 0.717) is 5.56 Å². The predicted octanol–water partition coefficient (Wildman–Crippen LogP) is 2.47. The number of aromatic nitrogens is 3. The van der Waals surface area contributed by atoms with E-state index in [1.807, 2.05) is 0 Å². The number of halogens is 3. The lowest BCUT2D eigenvalue weighted by Gasteiger charge is -2.19. The van der Waals surface area contributed by atoms with E-state index in [9.17, 15) is 18.0 Å². The van der Waals surface area contributed by atoms with Gasteiger partial charge in [-0.2, -0.15) is 13.2 Å². The molecule has 0 atom stereocenters. The molecule has 0 saturated heterocycles. The average Bonchev–Trinajstić information content (AvgIpc) is 2.52. The Kier molecular flexibility index (Phi) is 4.77. The lowest BCUT2D eigenvalue weighted by molar-refractivity contribution is -0.141. The fourth-order valence-corrected chi connectivity index (χ4v) is 1.78. The van der Waals surface area contributed by atoms with Crippen LogP contribution in [0, 0.1) is 0 Å². The summed E-state index contributed by atoms with van der Waals surface area (Å²) in [5, 5.41) is 8.68. The zero-order chi connectivity index (χ0) is 17.0. The summed E-state index contributed by atoms with van der Waals surface area (Å²) < 4.78 is 39.1. The molecule has 0 bridgehead atoms. The Labute approximate surface area is 129 Å². The van der Waals surface area contributed by atoms with E-state index in [-0.39, 0.29) is 24.6 Å². The second-order valence-electron chi connectivity index (χ2n) is 4.74. The molecule has 122 valence electrons. The van der Waals surface area contributed by atoms with Crippen LogP contribution in [0.15, 0.2) is 30.6 Å². The second kappa shape index (κ2) is 6.59. The minimum Gasteiger partial charge on any atom is -0.481 e. The van der Waals surface area contributed by atoms with Gasteiger partial charge < -0.3 is 10.0 Å². The monoisotopic (exact) mass is 326 g/mol. The molecule has 0 radical (unpaired) electrons. The van der Waals surface area contributed by atoms with E-state index < -0.39 is 17.8 Å². The van der Waals surface area contributed by atoms with E-state index >= 15 is 0 Å². The molecule has 0 aliphatic heterocycles. The number of carboxylic acid groups (broad SMARTS) is 1. The van der Waals surface area contributed by atoms with Crippen molar-refractivity contribution in [2.45, 2.75) is 12.6 Å².